The maximum atomic E-state index is 12.3. The summed E-state index contributed by atoms with van der Waals surface area (Å²) in [6, 6.07) is 0. The molecule has 0 aromatic rings. The largest absolute Gasteiger partial charge is 0.481 e. The second kappa shape index (κ2) is 6.40. The first-order chi connectivity index (χ1) is 8.76. The smallest absolute Gasteiger partial charge is 0.309 e. The quantitative estimate of drug-likeness (QED) is 0.796. The van der Waals surface area contributed by atoms with Gasteiger partial charge in [-0.3, -0.25) is 9.59 Å². The van der Waals surface area contributed by atoms with E-state index in [1.807, 2.05) is 27.7 Å². The molecule has 0 saturated heterocycles. The molecule has 4 heteroatoms. The number of hydrogen-bond donors (Lipinski definition) is 1. The molecule has 0 aliphatic heterocycles. The van der Waals surface area contributed by atoms with E-state index in [-0.39, 0.29) is 17.8 Å². The number of ether oxygens (including phenoxy) is 1. The zero-order valence-electron chi connectivity index (χ0n) is 12.4. The second-order valence-electron chi connectivity index (χ2n) is 6.44. The number of esters is 1. The summed E-state index contributed by atoms with van der Waals surface area (Å²) in [4.78, 5) is 23.6. The average Bonchev–Trinajstić information content (AvgIpc) is 2.27. The molecular formula is C15H26O4. The molecule has 1 aliphatic carbocycles. The van der Waals surface area contributed by atoms with Crippen LogP contribution in [0.3, 0.4) is 0 Å². The third-order valence-corrected chi connectivity index (χ3v) is 3.80. The van der Waals surface area contributed by atoms with Crippen molar-refractivity contribution in [2.75, 3.05) is 0 Å². The normalized spacial score (nSPS) is 25.7. The Balaban J connectivity index is 2.82. The van der Waals surface area contributed by atoms with E-state index in [1.54, 1.807) is 0 Å². The molecule has 1 N–H and O–H groups in total. The predicted octanol–water partition coefficient (Wildman–Crippen LogP) is 3.25. The molecule has 1 rings (SSSR count). The molecule has 0 bridgehead atoms. The van der Waals surface area contributed by atoms with Crippen molar-refractivity contribution in [2.45, 2.75) is 65.4 Å². The van der Waals surface area contributed by atoms with Crippen molar-refractivity contribution < 1.29 is 19.4 Å². The Bertz CT molecular complexity index is 330. The van der Waals surface area contributed by atoms with Gasteiger partial charge in [0.05, 0.1) is 11.8 Å². The van der Waals surface area contributed by atoms with Gasteiger partial charge in [-0.05, 0) is 46.0 Å². The Morgan fingerprint density at radius 3 is 2.32 bits per heavy atom. The highest BCUT2D eigenvalue weighted by atomic mass is 16.6. The van der Waals surface area contributed by atoms with E-state index in [0.717, 1.165) is 25.7 Å². The fraction of sp³-hybridized carbons (Fsp3) is 0.867. The van der Waals surface area contributed by atoms with Crippen LogP contribution >= 0.6 is 0 Å². The van der Waals surface area contributed by atoms with Crippen molar-refractivity contribution >= 4 is 11.9 Å². The van der Waals surface area contributed by atoms with Gasteiger partial charge >= 0.3 is 11.9 Å². The topological polar surface area (TPSA) is 63.6 Å². The van der Waals surface area contributed by atoms with Gasteiger partial charge in [-0.2, -0.15) is 0 Å². The molecule has 0 amide bonds. The first-order valence-corrected chi connectivity index (χ1v) is 7.22. The molecule has 110 valence electrons. The predicted molar refractivity (Wildman–Crippen MR) is 72.7 cm³/mol. The van der Waals surface area contributed by atoms with Crippen LogP contribution in [0.25, 0.3) is 0 Å². The van der Waals surface area contributed by atoms with Gasteiger partial charge < -0.3 is 9.84 Å². The summed E-state index contributed by atoms with van der Waals surface area (Å²) in [6.45, 7) is 7.41. The molecule has 1 fully saturated rings. The Labute approximate surface area is 115 Å². The third-order valence-electron chi connectivity index (χ3n) is 3.80. The Morgan fingerprint density at radius 1 is 1.26 bits per heavy atom. The highest BCUT2D eigenvalue weighted by Gasteiger charge is 2.40. The summed E-state index contributed by atoms with van der Waals surface area (Å²) >= 11 is 0. The van der Waals surface area contributed by atoms with Gasteiger partial charge in [-0.15, -0.1) is 0 Å². The summed E-state index contributed by atoms with van der Waals surface area (Å²) in [7, 11) is 0. The zero-order chi connectivity index (χ0) is 14.6. The number of carboxylic acids is 1. The number of hydrogen-bond acceptors (Lipinski definition) is 3. The summed E-state index contributed by atoms with van der Waals surface area (Å²) in [5, 5.41) is 9.31. The first kappa shape index (κ1) is 16.0. The molecule has 0 heterocycles. The van der Waals surface area contributed by atoms with E-state index < -0.39 is 17.5 Å². The summed E-state index contributed by atoms with van der Waals surface area (Å²) in [5.74, 6) is -1.78. The summed E-state index contributed by atoms with van der Waals surface area (Å²) < 4.78 is 5.45. The highest BCUT2D eigenvalue weighted by Crippen LogP contribution is 2.38. The fourth-order valence-electron chi connectivity index (χ4n) is 2.97. The molecule has 1 aliphatic rings. The number of carbonyl (C=O) groups excluding carboxylic acids is 1. The molecule has 19 heavy (non-hydrogen) atoms. The monoisotopic (exact) mass is 270 g/mol. The van der Waals surface area contributed by atoms with E-state index in [4.69, 9.17) is 4.74 Å². The lowest BCUT2D eigenvalue weighted by atomic mass is 9.71. The molecule has 4 nitrogen and oxygen atoms in total. The van der Waals surface area contributed by atoms with Gasteiger partial charge in [0, 0.05) is 0 Å². The van der Waals surface area contributed by atoms with Crippen LogP contribution in [0.5, 0.6) is 0 Å². The van der Waals surface area contributed by atoms with Crippen LogP contribution < -0.4 is 0 Å². The van der Waals surface area contributed by atoms with Crippen LogP contribution in [0.1, 0.15) is 59.8 Å². The molecule has 1 saturated carbocycles. The fourth-order valence-corrected chi connectivity index (χ4v) is 2.97. The molecule has 0 aromatic carbocycles. The van der Waals surface area contributed by atoms with Crippen molar-refractivity contribution in [1.82, 2.24) is 0 Å². The minimum atomic E-state index is -0.789. The Morgan fingerprint density at radius 2 is 1.84 bits per heavy atom. The van der Waals surface area contributed by atoms with Crippen molar-refractivity contribution in [1.29, 1.82) is 0 Å². The first-order valence-electron chi connectivity index (χ1n) is 7.22. The van der Waals surface area contributed by atoms with E-state index in [1.165, 1.54) is 0 Å². The zero-order valence-corrected chi connectivity index (χ0v) is 12.4. The molecule has 3 atom stereocenters. The van der Waals surface area contributed by atoms with Crippen molar-refractivity contribution in [3.63, 3.8) is 0 Å². The molecule has 0 unspecified atom stereocenters. The molecule has 0 radical (unpaired) electrons. The Hall–Kier alpha value is -1.06. The number of aliphatic carboxylic acids is 1. The number of rotatable bonds is 4. The van der Waals surface area contributed by atoms with Crippen LogP contribution in [-0.4, -0.2) is 22.6 Å². The van der Waals surface area contributed by atoms with Crippen molar-refractivity contribution in [2.24, 2.45) is 17.8 Å². The van der Waals surface area contributed by atoms with E-state index >= 15 is 0 Å². The van der Waals surface area contributed by atoms with Gasteiger partial charge in [0.1, 0.15) is 5.60 Å². The van der Waals surface area contributed by atoms with Gasteiger partial charge in [-0.25, -0.2) is 0 Å². The lowest BCUT2D eigenvalue weighted by Gasteiger charge is -2.35. The van der Waals surface area contributed by atoms with E-state index in [9.17, 15) is 14.7 Å². The van der Waals surface area contributed by atoms with E-state index in [0.29, 0.717) is 6.42 Å². The van der Waals surface area contributed by atoms with Crippen LogP contribution in [-0.2, 0) is 14.3 Å². The average molecular weight is 270 g/mol. The van der Waals surface area contributed by atoms with Gasteiger partial charge in [0.15, 0.2) is 0 Å². The van der Waals surface area contributed by atoms with Crippen LogP contribution in [0.15, 0.2) is 0 Å². The Kier molecular flexibility index (Phi) is 5.39. The second-order valence-corrected chi connectivity index (χ2v) is 6.44. The summed E-state index contributed by atoms with van der Waals surface area (Å²) in [6.07, 6.45) is 4.13. The number of carbonyl (C=O) groups is 2. The maximum Gasteiger partial charge on any atom is 0.309 e. The lowest BCUT2D eigenvalue weighted by Crippen LogP contribution is -2.39. The SMILES string of the molecule is CC[C@H](C(=O)O)[C@@H]1CCCC[C@H]1C(=O)OC(C)(C)C. The third kappa shape index (κ3) is 4.51. The van der Waals surface area contributed by atoms with Crippen molar-refractivity contribution in [3.8, 4) is 0 Å². The highest BCUT2D eigenvalue weighted by molar-refractivity contribution is 5.76. The van der Waals surface area contributed by atoms with Crippen LogP contribution in [0.4, 0.5) is 0 Å². The minimum absolute atomic E-state index is 0.0777. The van der Waals surface area contributed by atoms with Crippen molar-refractivity contribution in [3.05, 3.63) is 0 Å². The lowest BCUT2D eigenvalue weighted by molar-refractivity contribution is -0.165. The maximum absolute atomic E-state index is 12.3. The molecule has 0 spiro atoms. The van der Waals surface area contributed by atoms with Gasteiger partial charge in [0.25, 0.3) is 0 Å². The summed E-state index contributed by atoms with van der Waals surface area (Å²) in [5.41, 5.74) is -0.510. The van der Waals surface area contributed by atoms with Gasteiger partial charge in [-0.1, -0.05) is 19.8 Å². The van der Waals surface area contributed by atoms with Crippen LogP contribution in [0, 0.1) is 17.8 Å². The van der Waals surface area contributed by atoms with Gasteiger partial charge in [0.2, 0.25) is 0 Å². The minimum Gasteiger partial charge on any atom is -0.481 e. The number of carboxylic acid groups (broad SMARTS) is 1. The van der Waals surface area contributed by atoms with E-state index in [2.05, 4.69) is 0 Å². The molecule has 0 aromatic heterocycles. The van der Waals surface area contributed by atoms with Crippen LogP contribution in [0.2, 0.25) is 0 Å². The molecular weight excluding hydrogens is 244 g/mol. The standard InChI is InChI=1S/C15H26O4/c1-5-10(13(16)17)11-8-6-7-9-12(11)14(18)19-15(2,3)4/h10-12H,5-9H2,1-4H3,(H,16,17)/t10-,11-,12+/m0/s1.